The molecule has 0 fully saturated rings. The lowest BCUT2D eigenvalue weighted by atomic mass is 10.1. The number of nitrogens with zero attached hydrogens (tertiary/aromatic N) is 3. The van der Waals surface area contributed by atoms with Gasteiger partial charge in [-0.2, -0.15) is 5.10 Å². The number of anilines is 1. The molecule has 7 nitrogen and oxygen atoms in total. The molecule has 0 aliphatic carbocycles. The number of aryl methyl sites for hydroxylation is 3. The van der Waals surface area contributed by atoms with Gasteiger partial charge in [-0.3, -0.25) is 9.48 Å². The molecule has 170 valence electrons. The van der Waals surface area contributed by atoms with E-state index in [0.29, 0.717) is 23.6 Å². The molecule has 0 atom stereocenters. The maximum atomic E-state index is 13.0. The lowest BCUT2D eigenvalue weighted by molar-refractivity contribution is 0.101. The van der Waals surface area contributed by atoms with Crippen LogP contribution < -0.4 is 10.1 Å². The van der Waals surface area contributed by atoms with E-state index >= 15 is 0 Å². The Kier molecular flexibility index (Phi) is 6.65. The van der Waals surface area contributed by atoms with Crippen LogP contribution in [0.3, 0.4) is 0 Å². The third-order valence-electron chi connectivity index (χ3n) is 5.41. The highest BCUT2D eigenvalue weighted by Crippen LogP contribution is 2.22. The molecule has 0 spiro atoms. The minimum atomic E-state index is -0.347. The summed E-state index contributed by atoms with van der Waals surface area (Å²) in [6, 6.07) is 15.4. The predicted molar refractivity (Wildman–Crippen MR) is 130 cm³/mol. The largest absolute Gasteiger partial charge is 0.489 e. The Hall–Kier alpha value is -3.39. The van der Waals surface area contributed by atoms with Crippen LogP contribution >= 0.6 is 15.9 Å². The van der Waals surface area contributed by atoms with E-state index in [9.17, 15) is 4.79 Å². The molecule has 0 aliphatic heterocycles. The first-order valence-electron chi connectivity index (χ1n) is 10.6. The van der Waals surface area contributed by atoms with Crippen LogP contribution in [0.4, 0.5) is 5.69 Å². The molecule has 4 rings (SSSR count). The summed E-state index contributed by atoms with van der Waals surface area (Å²) < 4.78 is 14.1. The second kappa shape index (κ2) is 9.62. The second-order valence-electron chi connectivity index (χ2n) is 7.96. The van der Waals surface area contributed by atoms with Gasteiger partial charge in [-0.1, -0.05) is 35.0 Å². The fraction of sp³-hybridized carbons (Fsp3) is 0.240. The number of hydrogen-bond acceptors (Lipinski definition) is 5. The smallest absolute Gasteiger partial charge is 0.278 e. The van der Waals surface area contributed by atoms with Crippen LogP contribution in [0.25, 0.3) is 0 Å². The zero-order valence-electron chi connectivity index (χ0n) is 19.0. The minimum absolute atomic E-state index is 0.188. The number of rotatable bonds is 7. The third kappa shape index (κ3) is 5.17. The Balaban J connectivity index is 1.47. The van der Waals surface area contributed by atoms with Crippen molar-refractivity contribution in [3.05, 3.63) is 92.5 Å². The van der Waals surface area contributed by atoms with Gasteiger partial charge in [-0.15, -0.1) is 0 Å². The van der Waals surface area contributed by atoms with Crippen molar-refractivity contribution in [3.8, 4) is 5.75 Å². The number of carbonyl (C=O) groups excluding carboxylic acids is 1. The van der Waals surface area contributed by atoms with E-state index < -0.39 is 0 Å². The van der Waals surface area contributed by atoms with Gasteiger partial charge >= 0.3 is 0 Å². The fourth-order valence-electron chi connectivity index (χ4n) is 3.47. The zero-order valence-corrected chi connectivity index (χ0v) is 20.6. The van der Waals surface area contributed by atoms with Crippen LogP contribution in [0.15, 0.2) is 57.5 Å². The SMILES string of the molecule is Cc1ccc(OCc2c(C(=O)Nc3cccc(Cn4nc(C)c(Br)c4C)c3)noc2C)cc1. The van der Waals surface area contributed by atoms with Gasteiger partial charge in [0.2, 0.25) is 0 Å². The van der Waals surface area contributed by atoms with Crippen molar-refractivity contribution in [2.75, 3.05) is 5.32 Å². The Bertz CT molecular complexity index is 1290. The van der Waals surface area contributed by atoms with Gasteiger partial charge in [-0.05, 0) is 73.5 Å². The van der Waals surface area contributed by atoms with Crippen LogP contribution in [0.5, 0.6) is 5.75 Å². The summed E-state index contributed by atoms with van der Waals surface area (Å²) in [4.78, 5) is 13.0. The molecular formula is C25H25BrN4O3. The monoisotopic (exact) mass is 508 g/mol. The number of carbonyl (C=O) groups is 1. The maximum Gasteiger partial charge on any atom is 0.278 e. The average Bonchev–Trinajstić information content (AvgIpc) is 3.28. The van der Waals surface area contributed by atoms with Crippen LogP contribution in [-0.4, -0.2) is 20.8 Å². The van der Waals surface area contributed by atoms with Crippen molar-refractivity contribution in [2.45, 2.75) is 40.8 Å². The Morgan fingerprint density at radius 2 is 1.88 bits per heavy atom. The molecule has 0 unspecified atom stereocenters. The van der Waals surface area contributed by atoms with Crippen molar-refractivity contribution in [1.29, 1.82) is 0 Å². The van der Waals surface area contributed by atoms with Crippen molar-refractivity contribution in [2.24, 2.45) is 0 Å². The molecule has 0 bridgehead atoms. The van der Waals surface area contributed by atoms with Crippen LogP contribution in [0.2, 0.25) is 0 Å². The summed E-state index contributed by atoms with van der Waals surface area (Å²) in [5.74, 6) is 0.924. The summed E-state index contributed by atoms with van der Waals surface area (Å²) >= 11 is 3.56. The molecule has 8 heteroatoms. The zero-order chi connectivity index (χ0) is 23.5. The number of benzene rings is 2. The van der Waals surface area contributed by atoms with E-state index in [0.717, 1.165) is 32.7 Å². The summed E-state index contributed by atoms with van der Waals surface area (Å²) in [6.45, 7) is 8.55. The molecule has 2 heterocycles. The number of aromatic nitrogens is 3. The van der Waals surface area contributed by atoms with Crippen molar-refractivity contribution in [3.63, 3.8) is 0 Å². The highest BCUT2D eigenvalue weighted by molar-refractivity contribution is 9.10. The van der Waals surface area contributed by atoms with Gasteiger partial charge in [0.25, 0.3) is 5.91 Å². The standard InChI is InChI=1S/C25H25BrN4O3/c1-15-8-10-21(11-9-15)32-14-22-18(4)33-29-24(22)25(31)27-20-7-5-6-19(12-20)13-30-17(3)23(26)16(2)28-30/h5-12H,13-14H2,1-4H3,(H,27,31). The van der Waals surface area contributed by atoms with E-state index in [1.165, 1.54) is 0 Å². The molecule has 1 amide bonds. The summed E-state index contributed by atoms with van der Waals surface area (Å²) in [7, 11) is 0. The van der Waals surface area contributed by atoms with Crippen molar-refractivity contribution >= 4 is 27.5 Å². The lowest BCUT2D eigenvalue weighted by Crippen LogP contribution is -2.15. The molecule has 1 N–H and O–H groups in total. The number of halogens is 1. The van der Waals surface area contributed by atoms with Crippen LogP contribution in [-0.2, 0) is 13.2 Å². The quantitative estimate of drug-likeness (QED) is 0.343. The van der Waals surface area contributed by atoms with E-state index in [1.807, 2.05) is 74.0 Å². The molecule has 33 heavy (non-hydrogen) atoms. The van der Waals surface area contributed by atoms with E-state index in [1.54, 1.807) is 6.92 Å². The molecule has 0 aliphatic rings. The molecule has 0 saturated carbocycles. The summed E-state index contributed by atoms with van der Waals surface area (Å²) in [6.07, 6.45) is 0. The van der Waals surface area contributed by atoms with Gasteiger partial charge in [0.1, 0.15) is 18.1 Å². The first-order valence-corrected chi connectivity index (χ1v) is 11.4. The predicted octanol–water partition coefficient (Wildman–Crippen LogP) is 5.75. The van der Waals surface area contributed by atoms with Gasteiger partial charge < -0.3 is 14.6 Å². The molecule has 0 radical (unpaired) electrons. The van der Waals surface area contributed by atoms with Gasteiger partial charge in [-0.25, -0.2) is 0 Å². The lowest BCUT2D eigenvalue weighted by Gasteiger charge is -2.09. The number of amides is 1. The second-order valence-corrected chi connectivity index (χ2v) is 8.76. The maximum absolute atomic E-state index is 13.0. The summed E-state index contributed by atoms with van der Waals surface area (Å²) in [5, 5.41) is 11.4. The normalized spacial score (nSPS) is 10.9. The Morgan fingerprint density at radius 3 is 2.58 bits per heavy atom. The Morgan fingerprint density at radius 1 is 1.12 bits per heavy atom. The number of hydrogen-bond donors (Lipinski definition) is 1. The van der Waals surface area contributed by atoms with E-state index in [-0.39, 0.29) is 18.2 Å². The molecule has 2 aromatic carbocycles. The van der Waals surface area contributed by atoms with Crippen molar-refractivity contribution in [1.82, 2.24) is 14.9 Å². The molecule has 2 aromatic heterocycles. The topological polar surface area (TPSA) is 82.2 Å². The Labute approximate surface area is 200 Å². The van der Waals surface area contributed by atoms with Crippen LogP contribution in [0, 0.1) is 27.7 Å². The van der Waals surface area contributed by atoms with E-state index in [4.69, 9.17) is 9.26 Å². The highest BCUT2D eigenvalue weighted by Gasteiger charge is 2.21. The number of ether oxygens (including phenoxy) is 1. The molecular weight excluding hydrogens is 484 g/mol. The molecule has 4 aromatic rings. The third-order valence-corrected chi connectivity index (χ3v) is 6.56. The van der Waals surface area contributed by atoms with Crippen molar-refractivity contribution < 1.29 is 14.1 Å². The minimum Gasteiger partial charge on any atom is -0.489 e. The van der Waals surface area contributed by atoms with Gasteiger partial charge in [0.05, 0.1) is 28.0 Å². The first-order chi connectivity index (χ1) is 15.8. The van der Waals surface area contributed by atoms with Gasteiger partial charge in [0.15, 0.2) is 5.69 Å². The van der Waals surface area contributed by atoms with Gasteiger partial charge in [0, 0.05) is 5.69 Å². The number of nitrogens with one attached hydrogen (secondary N) is 1. The molecule has 0 saturated heterocycles. The highest BCUT2D eigenvalue weighted by atomic mass is 79.9. The fourth-order valence-corrected chi connectivity index (χ4v) is 3.75. The average molecular weight is 509 g/mol. The summed E-state index contributed by atoms with van der Waals surface area (Å²) in [5.41, 5.74) is 5.67. The van der Waals surface area contributed by atoms with E-state index in [2.05, 4.69) is 31.5 Å². The van der Waals surface area contributed by atoms with Crippen LogP contribution in [0.1, 0.15) is 44.3 Å². The first kappa shape index (κ1) is 22.8.